The van der Waals surface area contributed by atoms with Crippen molar-refractivity contribution in [3.8, 4) is 0 Å². The van der Waals surface area contributed by atoms with Gasteiger partial charge in [-0.3, -0.25) is 15.1 Å². The number of carbonyl (C=O) groups excluding carboxylic acids is 1. The molecule has 1 atom stereocenters. The Labute approximate surface area is 131 Å². The third-order valence-corrected chi connectivity index (χ3v) is 3.93. The molecule has 0 unspecified atom stereocenters. The van der Waals surface area contributed by atoms with Crippen LogP contribution in [-0.2, 0) is 11.3 Å². The second-order valence-electron chi connectivity index (χ2n) is 5.49. The van der Waals surface area contributed by atoms with Crippen molar-refractivity contribution in [3.05, 3.63) is 66.2 Å². The van der Waals surface area contributed by atoms with Gasteiger partial charge < -0.3 is 0 Å². The van der Waals surface area contributed by atoms with Gasteiger partial charge in [0.15, 0.2) is 0 Å². The smallest absolute Gasteiger partial charge is 0.239 e. The van der Waals surface area contributed by atoms with Crippen LogP contribution in [0.25, 0.3) is 0 Å². The number of amides is 1. The minimum absolute atomic E-state index is 0.0397. The number of rotatable bonds is 4. The van der Waals surface area contributed by atoms with E-state index in [1.54, 1.807) is 6.92 Å². The van der Waals surface area contributed by atoms with Crippen LogP contribution in [0.15, 0.2) is 60.7 Å². The van der Waals surface area contributed by atoms with Crippen molar-refractivity contribution < 1.29 is 4.79 Å². The Morgan fingerprint density at radius 2 is 1.73 bits per heavy atom. The normalized spacial score (nSPS) is 17.8. The Kier molecular flexibility index (Phi) is 4.39. The number of benzene rings is 2. The first-order valence-corrected chi connectivity index (χ1v) is 7.65. The lowest BCUT2D eigenvalue weighted by Crippen LogP contribution is -2.50. The first-order chi connectivity index (χ1) is 10.8. The molecule has 1 fully saturated rings. The molecule has 114 valence electrons. The van der Waals surface area contributed by atoms with E-state index in [0.29, 0.717) is 0 Å². The van der Waals surface area contributed by atoms with Gasteiger partial charge in [0.1, 0.15) is 6.17 Å². The summed E-state index contributed by atoms with van der Waals surface area (Å²) in [6, 6.07) is 20.3. The summed E-state index contributed by atoms with van der Waals surface area (Å²) in [6.07, 6.45) is 0.958. The summed E-state index contributed by atoms with van der Waals surface area (Å²) in [6.45, 7) is 3.23. The van der Waals surface area contributed by atoms with E-state index in [9.17, 15) is 4.79 Å². The quantitative estimate of drug-likeness (QED) is 0.942. The zero-order chi connectivity index (χ0) is 15.4. The molecule has 0 bridgehead atoms. The van der Waals surface area contributed by atoms with Gasteiger partial charge in [0, 0.05) is 26.4 Å². The zero-order valence-corrected chi connectivity index (χ0v) is 12.8. The highest BCUT2D eigenvalue weighted by Crippen LogP contribution is 2.24. The second-order valence-corrected chi connectivity index (χ2v) is 5.49. The van der Waals surface area contributed by atoms with E-state index in [0.717, 1.165) is 25.2 Å². The summed E-state index contributed by atoms with van der Waals surface area (Å²) in [5, 5.41) is 7.38. The molecule has 0 aromatic heterocycles. The average Bonchev–Trinajstić information content (AvgIpc) is 2.99. The number of nitrogens with zero attached hydrogens (tertiary/aromatic N) is 2. The van der Waals surface area contributed by atoms with Crippen molar-refractivity contribution in [2.45, 2.75) is 26.1 Å². The molecule has 4 heteroatoms. The van der Waals surface area contributed by atoms with E-state index in [2.05, 4.69) is 22.5 Å². The molecule has 1 amide bonds. The summed E-state index contributed by atoms with van der Waals surface area (Å²) in [7, 11) is 0. The fraction of sp³-hybridized carbons (Fsp3) is 0.278. The van der Waals surface area contributed by atoms with E-state index >= 15 is 0 Å². The second kappa shape index (κ2) is 6.62. The van der Waals surface area contributed by atoms with Crippen LogP contribution in [0.4, 0.5) is 5.69 Å². The molecule has 1 N–H and O–H groups in total. The Bertz CT molecular complexity index is 615. The molecule has 0 radical (unpaired) electrons. The fourth-order valence-electron chi connectivity index (χ4n) is 2.91. The van der Waals surface area contributed by atoms with Crippen LogP contribution in [0.3, 0.4) is 0 Å². The van der Waals surface area contributed by atoms with Gasteiger partial charge in [-0.2, -0.15) is 0 Å². The highest BCUT2D eigenvalue weighted by molar-refractivity contribution is 5.76. The highest BCUT2D eigenvalue weighted by atomic mass is 16.2. The van der Waals surface area contributed by atoms with Gasteiger partial charge in [-0.25, -0.2) is 5.01 Å². The first kappa shape index (κ1) is 14.6. The lowest BCUT2D eigenvalue weighted by atomic mass is 10.2. The number of nitrogens with one attached hydrogen (secondary N) is 1. The topological polar surface area (TPSA) is 35.6 Å². The van der Waals surface area contributed by atoms with Crippen molar-refractivity contribution >= 4 is 11.6 Å². The van der Waals surface area contributed by atoms with Crippen LogP contribution < -0.4 is 10.3 Å². The Morgan fingerprint density at radius 1 is 1.09 bits per heavy atom. The van der Waals surface area contributed by atoms with Gasteiger partial charge in [0.2, 0.25) is 5.91 Å². The van der Waals surface area contributed by atoms with E-state index in [1.165, 1.54) is 5.56 Å². The predicted octanol–water partition coefficient (Wildman–Crippen LogP) is 2.78. The number of para-hydroxylation sites is 1. The van der Waals surface area contributed by atoms with Gasteiger partial charge in [0.05, 0.1) is 5.69 Å². The van der Waals surface area contributed by atoms with E-state index in [-0.39, 0.29) is 12.1 Å². The highest BCUT2D eigenvalue weighted by Gasteiger charge is 2.33. The van der Waals surface area contributed by atoms with Gasteiger partial charge >= 0.3 is 0 Å². The monoisotopic (exact) mass is 295 g/mol. The van der Waals surface area contributed by atoms with Crippen molar-refractivity contribution in [1.29, 1.82) is 0 Å². The maximum atomic E-state index is 12.1. The van der Waals surface area contributed by atoms with Crippen LogP contribution in [0, 0.1) is 0 Å². The van der Waals surface area contributed by atoms with Crippen molar-refractivity contribution in [3.63, 3.8) is 0 Å². The van der Waals surface area contributed by atoms with E-state index in [1.807, 2.05) is 53.5 Å². The molecular formula is C18H21N3O. The molecule has 4 nitrogen and oxygen atoms in total. The molecule has 3 rings (SSSR count). The minimum atomic E-state index is 0.0397. The molecule has 22 heavy (non-hydrogen) atoms. The molecule has 1 heterocycles. The summed E-state index contributed by atoms with van der Waals surface area (Å²) in [5.74, 6) is 0.0620. The Hall–Kier alpha value is -2.33. The zero-order valence-electron chi connectivity index (χ0n) is 12.8. The van der Waals surface area contributed by atoms with Crippen LogP contribution in [0.1, 0.15) is 18.9 Å². The molecule has 2 aromatic carbocycles. The van der Waals surface area contributed by atoms with Gasteiger partial charge in [-0.05, 0) is 17.7 Å². The van der Waals surface area contributed by atoms with Crippen LogP contribution in [-0.4, -0.2) is 23.6 Å². The number of hydrogen-bond donors (Lipinski definition) is 1. The van der Waals surface area contributed by atoms with Gasteiger partial charge in [-0.15, -0.1) is 0 Å². The molecule has 0 aliphatic carbocycles. The van der Waals surface area contributed by atoms with Crippen LogP contribution >= 0.6 is 0 Å². The van der Waals surface area contributed by atoms with E-state index < -0.39 is 0 Å². The van der Waals surface area contributed by atoms with Crippen molar-refractivity contribution in [2.24, 2.45) is 0 Å². The summed E-state index contributed by atoms with van der Waals surface area (Å²) >= 11 is 0. The van der Waals surface area contributed by atoms with Gasteiger partial charge in [0.25, 0.3) is 0 Å². The Balaban J connectivity index is 1.71. The first-order valence-electron chi connectivity index (χ1n) is 7.65. The molecule has 1 aliphatic rings. The molecule has 1 aliphatic heterocycles. The summed E-state index contributed by atoms with van der Waals surface area (Å²) in [4.78, 5) is 12.1. The maximum Gasteiger partial charge on any atom is 0.239 e. The van der Waals surface area contributed by atoms with Crippen molar-refractivity contribution in [2.75, 3.05) is 11.6 Å². The lowest BCUT2D eigenvalue weighted by Gasteiger charge is -2.33. The third kappa shape index (κ3) is 3.12. The number of hydrazine groups is 1. The van der Waals surface area contributed by atoms with Crippen LogP contribution in [0.2, 0.25) is 0 Å². The standard InChI is InChI=1S/C18H21N3O/c1-15(22)21-18(19-14-16-8-4-2-5-9-16)12-13-20(21)17-10-6-3-7-11-17/h2-11,18-19H,12-14H2,1H3/t18-/m0/s1. The lowest BCUT2D eigenvalue weighted by molar-refractivity contribution is -0.130. The molecule has 0 saturated carbocycles. The molecule has 0 spiro atoms. The molecule has 1 saturated heterocycles. The fourth-order valence-corrected chi connectivity index (χ4v) is 2.91. The average molecular weight is 295 g/mol. The maximum absolute atomic E-state index is 12.1. The molecule has 2 aromatic rings. The third-order valence-electron chi connectivity index (χ3n) is 3.93. The molecular weight excluding hydrogens is 274 g/mol. The number of carbonyl (C=O) groups is 1. The number of anilines is 1. The SMILES string of the molecule is CC(=O)N1[C@H](NCc2ccccc2)CCN1c1ccccc1. The Morgan fingerprint density at radius 3 is 2.36 bits per heavy atom. The largest absolute Gasteiger partial charge is 0.292 e. The number of hydrogen-bond acceptors (Lipinski definition) is 3. The summed E-state index contributed by atoms with van der Waals surface area (Å²) < 4.78 is 0. The predicted molar refractivity (Wildman–Crippen MR) is 88.0 cm³/mol. The van der Waals surface area contributed by atoms with Crippen molar-refractivity contribution in [1.82, 2.24) is 10.3 Å². The minimum Gasteiger partial charge on any atom is -0.292 e. The van der Waals surface area contributed by atoms with Crippen LogP contribution in [0.5, 0.6) is 0 Å². The van der Waals surface area contributed by atoms with E-state index in [4.69, 9.17) is 0 Å². The summed E-state index contributed by atoms with van der Waals surface area (Å²) in [5.41, 5.74) is 2.28. The van der Waals surface area contributed by atoms with Gasteiger partial charge in [-0.1, -0.05) is 48.5 Å².